The van der Waals surface area contributed by atoms with E-state index in [9.17, 15) is 4.21 Å². The molecule has 90 valence electrons. The molecule has 0 spiro atoms. The SMILES string of the molecule is CCCOCCS(=O)c1ccc(N)c(C)c1. The number of nitrogen functional groups attached to an aromatic ring is 1. The van der Waals surface area contributed by atoms with Crippen LogP contribution in [0.2, 0.25) is 0 Å². The fourth-order valence-electron chi connectivity index (χ4n) is 1.29. The molecule has 3 nitrogen and oxygen atoms in total. The van der Waals surface area contributed by atoms with Gasteiger partial charge >= 0.3 is 0 Å². The van der Waals surface area contributed by atoms with Crippen LogP contribution >= 0.6 is 0 Å². The monoisotopic (exact) mass is 241 g/mol. The zero-order valence-corrected chi connectivity index (χ0v) is 10.7. The number of hydrogen-bond donors (Lipinski definition) is 1. The smallest absolute Gasteiger partial charge is 0.0585 e. The van der Waals surface area contributed by atoms with Gasteiger partial charge in [0.1, 0.15) is 0 Å². The lowest BCUT2D eigenvalue weighted by atomic mass is 10.2. The van der Waals surface area contributed by atoms with Crippen LogP contribution in [0, 0.1) is 6.92 Å². The maximum Gasteiger partial charge on any atom is 0.0585 e. The summed E-state index contributed by atoms with van der Waals surface area (Å²) in [6.07, 6.45) is 0.994. The van der Waals surface area contributed by atoms with E-state index in [1.807, 2.05) is 19.1 Å². The van der Waals surface area contributed by atoms with Crippen molar-refractivity contribution < 1.29 is 8.95 Å². The van der Waals surface area contributed by atoms with Crippen molar-refractivity contribution in [3.63, 3.8) is 0 Å². The van der Waals surface area contributed by atoms with Crippen molar-refractivity contribution >= 4 is 16.5 Å². The van der Waals surface area contributed by atoms with E-state index < -0.39 is 10.8 Å². The minimum absolute atomic E-state index is 0.545. The summed E-state index contributed by atoms with van der Waals surface area (Å²) in [6, 6.07) is 5.50. The Bertz CT molecular complexity index is 366. The highest BCUT2D eigenvalue weighted by molar-refractivity contribution is 7.85. The average Bonchev–Trinajstić information content (AvgIpc) is 2.28. The molecule has 1 rings (SSSR count). The van der Waals surface area contributed by atoms with Gasteiger partial charge in [0.25, 0.3) is 0 Å². The van der Waals surface area contributed by atoms with Crippen LogP contribution in [0.15, 0.2) is 23.1 Å². The van der Waals surface area contributed by atoms with Gasteiger partial charge in [-0.2, -0.15) is 0 Å². The molecular formula is C12H19NO2S. The van der Waals surface area contributed by atoms with Gasteiger partial charge in [0.2, 0.25) is 0 Å². The first-order chi connectivity index (χ1) is 7.65. The minimum atomic E-state index is -0.986. The fraction of sp³-hybridized carbons (Fsp3) is 0.500. The highest BCUT2D eigenvalue weighted by Crippen LogP contribution is 2.15. The number of ether oxygens (including phenoxy) is 1. The van der Waals surface area contributed by atoms with Crippen LogP contribution in [-0.2, 0) is 15.5 Å². The van der Waals surface area contributed by atoms with Gasteiger partial charge in [0, 0.05) is 17.2 Å². The zero-order valence-electron chi connectivity index (χ0n) is 9.86. The molecule has 0 aliphatic carbocycles. The van der Waals surface area contributed by atoms with Gasteiger partial charge in [-0.3, -0.25) is 4.21 Å². The summed E-state index contributed by atoms with van der Waals surface area (Å²) in [5, 5.41) is 0. The molecule has 0 amide bonds. The van der Waals surface area contributed by atoms with E-state index >= 15 is 0 Å². The van der Waals surface area contributed by atoms with E-state index in [0.29, 0.717) is 12.4 Å². The second-order valence-electron chi connectivity index (χ2n) is 3.68. The van der Waals surface area contributed by atoms with Crippen LogP contribution in [0.4, 0.5) is 5.69 Å². The fourth-order valence-corrected chi connectivity index (χ4v) is 2.32. The average molecular weight is 241 g/mol. The predicted octanol–water partition coefficient (Wildman–Crippen LogP) is 2.11. The molecule has 0 saturated heterocycles. The third kappa shape index (κ3) is 3.94. The van der Waals surface area contributed by atoms with Crippen molar-refractivity contribution in [2.24, 2.45) is 0 Å². The summed E-state index contributed by atoms with van der Waals surface area (Å²) in [5.41, 5.74) is 7.42. The highest BCUT2D eigenvalue weighted by Gasteiger charge is 2.05. The number of aryl methyl sites for hydroxylation is 1. The molecule has 16 heavy (non-hydrogen) atoms. The Morgan fingerprint density at radius 1 is 1.38 bits per heavy atom. The van der Waals surface area contributed by atoms with E-state index in [1.165, 1.54) is 0 Å². The van der Waals surface area contributed by atoms with E-state index in [4.69, 9.17) is 10.5 Å². The topological polar surface area (TPSA) is 52.3 Å². The number of hydrogen-bond acceptors (Lipinski definition) is 3. The first-order valence-corrected chi connectivity index (χ1v) is 6.79. The summed E-state index contributed by atoms with van der Waals surface area (Å²) >= 11 is 0. The van der Waals surface area contributed by atoms with Crippen LogP contribution in [0.1, 0.15) is 18.9 Å². The third-order valence-electron chi connectivity index (χ3n) is 2.27. The number of benzene rings is 1. The van der Waals surface area contributed by atoms with Crippen molar-refractivity contribution in [2.45, 2.75) is 25.2 Å². The van der Waals surface area contributed by atoms with Gasteiger partial charge in [-0.1, -0.05) is 6.92 Å². The van der Waals surface area contributed by atoms with Crippen molar-refractivity contribution in [2.75, 3.05) is 24.7 Å². The van der Waals surface area contributed by atoms with Gasteiger partial charge in [0.05, 0.1) is 23.2 Å². The van der Waals surface area contributed by atoms with Crippen molar-refractivity contribution in [1.29, 1.82) is 0 Å². The molecule has 1 aromatic rings. The Morgan fingerprint density at radius 3 is 2.75 bits per heavy atom. The van der Waals surface area contributed by atoms with Crippen molar-refractivity contribution in [3.05, 3.63) is 23.8 Å². The van der Waals surface area contributed by atoms with Crippen LogP contribution < -0.4 is 5.73 Å². The Balaban J connectivity index is 2.50. The lowest BCUT2D eigenvalue weighted by molar-refractivity contribution is 0.150. The molecule has 0 radical (unpaired) electrons. The molecular weight excluding hydrogens is 222 g/mol. The number of nitrogens with two attached hydrogens (primary N) is 1. The minimum Gasteiger partial charge on any atom is -0.399 e. The number of anilines is 1. The Labute approximate surface area is 99.4 Å². The molecule has 0 bridgehead atoms. The van der Waals surface area contributed by atoms with Gasteiger partial charge < -0.3 is 10.5 Å². The Hall–Kier alpha value is -0.870. The van der Waals surface area contributed by atoms with Crippen LogP contribution in [0.5, 0.6) is 0 Å². The second-order valence-corrected chi connectivity index (χ2v) is 5.25. The van der Waals surface area contributed by atoms with Crippen LogP contribution in [-0.4, -0.2) is 23.2 Å². The summed E-state index contributed by atoms with van der Waals surface area (Å²) in [6.45, 7) is 5.26. The Kier molecular flexibility index (Phi) is 5.49. The van der Waals surface area contributed by atoms with E-state index in [-0.39, 0.29) is 0 Å². The third-order valence-corrected chi connectivity index (χ3v) is 3.58. The van der Waals surface area contributed by atoms with Gasteiger partial charge in [-0.05, 0) is 37.1 Å². The molecule has 1 aromatic carbocycles. The normalized spacial score (nSPS) is 12.6. The molecule has 0 heterocycles. The molecule has 0 fully saturated rings. The summed E-state index contributed by atoms with van der Waals surface area (Å²) < 4.78 is 17.2. The molecule has 0 aromatic heterocycles. The highest BCUT2D eigenvalue weighted by atomic mass is 32.2. The summed E-state index contributed by atoms with van der Waals surface area (Å²) in [5.74, 6) is 0.545. The van der Waals surface area contributed by atoms with Crippen molar-refractivity contribution in [3.8, 4) is 0 Å². The quantitative estimate of drug-likeness (QED) is 0.613. The van der Waals surface area contributed by atoms with Crippen LogP contribution in [0.25, 0.3) is 0 Å². The van der Waals surface area contributed by atoms with E-state index in [0.717, 1.165) is 29.2 Å². The lowest BCUT2D eigenvalue weighted by Crippen LogP contribution is -2.07. The maximum absolute atomic E-state index is 11.9. The summed E-state index contributed by atoms with van der Waals surface area (Å²) in [7, 11) is -0.986. The molecule has 1 unspecified atom stereocenters. The van der Waals surface area contributed by atoms with E-state index in [2.05, 4.69) is 6.92 Å². The first-order valence-electron chi connectivity index (χ1n) is 5.47. The largest absolute Gasteiger partial charge is 0.399 e. The molecule has 4 heteroatoms. The first kappa shape index (κ1) is 13.2. The van der Waals surface area contributed by atoms with Crippen LogP contribution in [0.3, 0.4) is 0 Å². The molecule has 2 N–H and O–H groups in total. The standard InChI is InChI=1S/C12H19NO2S/c1-3-6-15-7-8-16(14)11-4-5-12(13)10(2)9-11/h4-5,9H,3,6-8,13H2,1-2H3. The Morgan fingerprint density at radius 2 is 2.12 bits per heavy atom. The molecule has 0 aliphatic rings. The van der Waals surface area contributed by atoms with E-state index in [1.54, 1.807) is 6.07 Å². The van der Waals surface area contributed by atoms with Crippen molar-refractivity contribution in [1.82, 2.24) is 0 Å². The zero-order chi connectivity index (χ0) is 12.0. The maximum atomic E-state index is 11.9. The molecule has 0 aliphatic heterocycles. The summed E-state index contributed by atoms with van der Waals surface area (Å²) in [4.78, 5) is 0.826. The van der Waals surface area contributed by atoms with Gasteiger partial charge in [-0.25, -0.2) is 0 Å². The van der Waals surface area contributed by atoms with Gasteiger partial charge in [-0.15, -0.1) is 0 Å². The number of rotatable bonds is 6. The predicted molar refractivity (Wildman–Crippen MR) is 68.0 cm³/mol. The molecule has 1 atom stereocenters. The second kappa shape index (κ2) is 6.66. The lowest BCUT2D eigenvalue weighted by Gasteiger charge is -2.05. The molecule has 0 saturated carbocycles. The van der Waals surface area contributed by atoms with Gasteiger partial charge in [0.15, 0.2) is 0 Å².